The van der Waals surface area contributed by atoms with E-state index in [0.717, 1.165) is 28.1 Å². The first kappa shape index (κ1) is 12.4. The Morgan fingerprint density at radius 2 is 1.94 bits per heavy atom. The van der Waals surface area contributed by atoms with Gasteiger partial charge in [-0.25, -0.2) is 0 Å². The summed E-state index contributed by atoms with van der Waals surface area (Å²) >= 11 is 6.13. The number of hydrogen-bond donors (Lipinski definition) is 0. The molecule has 0 bridgehead atoms. The lowest BCUT2D eigenvalue weighted by Crippen LogP contribution is -2.21. The summed E-state index contributed by atoms with van der Waals surface area (Å²) in [5, 5.41) is 0.763. The maximum absolute atomic E-state index is 11.7. The first-order valence-electron chi connectivity index (χ1n) is 5.87. The molecule has 0 amide bonds. The molecule has 1 nitrogen and oxygen atoms in total. The van der Waals surface area contributed by atoms with Gasteiger partial charge in [-0.05, 0) is 47.6 Å². The maximum atomic E-state index is 11.7. The van der Waals surface area contributed by atoms with Crippen molar-refractivity contribution in [3.05, 3.63) is 40.4 Å². The minimum absolute atomic E-state index is 0.0541. The Hall–Kier alpha value is -1.08. The quantitative estimate of drug-likeness (QED) is 0.719. The predicted octanol–water partition coefficient (Wildman–Crippen LogP) is 4.42. The SMILES string of the molecule is Cc1ccc(C2=CC(=O)CC(C)(C)C2)cc1Cl. The number of rotatable bonds is 1. The molecule has 1 aromatic rings. The van der Waals surface area contributed by atoms with Gasteiger partial charge in [0.05, 0.1) is 0 Å². The van der Waals surface area contributed by atoms with Crippen LogP contribution in [0.15, 0.2) is 24.3 Å². The molecule has 0 N–H and O–H groups in total. The standard InChI is InChI=1S/C15H17ClO/c1-10-4-5-11(7-14(10)16)12-6-13(17)9-15(2,3)8-12/h4-7H,8-9H2,1-3H3. The molecule has 1 aliphatic carbocycles. The molecule has 0 atom stereocenters. The van der Waals surface area contributed by atoms with E-state index in [2.05, 4.69) is 13.8 Å². The van der Waals surface area contributed by atoms with Gasteiger partial charge in [0.1, 0.15) is 0 Å². The van der Waals surface area contributed by atoms with Gasteiger partial charge in [0.25, 0.3) is 0 Å². The van der Waals surface area contributed by atoms with E-state index in [1.54, 1.807) is 6.08 Å². The Morgan fingerprint density at radius 3 is 2.53 bits per heavy atom. The van der Waals surface area contributed by atoms with Crippen LogP contribution < -0.4 is 0 Å². The van der Waals surface area contributed by atoms with E-state index < -0.39 is 0 Å². The minimum Gasteiger partial charge on any atom is -0.295 e. The van der Waals surface area contributed by atoms with E-state index in [0.29, 0.717) is 6.42 Å². The zero-order valence-electron chi connectivity index (χ0n) is 10.5. The summed E-state index contributed by atoms with van der Waals surface area (Å²) in [6.45, 7) is 6.25. The van der Waals surface area contributed by atoms with Crippen LogP contribution in [-0.2, 0) is 4.79 Å². The lowest BCUT2D eigenvalue weighted by molar-refractivity contribution is -0.116. The van der Waals surface area contributed by atoms with Gasteiger partial charge in [0, 0.05) is 11.4 Å². The van der Waals surface area contributed by atoms with Crippen LogP contribution in [0.25, 0.3) is 5.57 Å². The normalized spacial score (nSPS) is 19.1. The van der Waals surface area contributed by atoms with Crippen molar-refractivity contribution in [1.82, 2.24) is 0 Å². The summed E-state index contributed by atoms with van der Waals surface area (Å²) in [6, 6.07) is 6.00. The van der Waals surface area contributed by atoms with Gasteiger partial charge in [0.15, 0.2) is 5.78 Å². The van der Waals surface area contributed by atoms with Gasteiger partial charge in [0.2, 0.25) is 0 Å². The largest absolute Gasteiger partial charge is 0.295 e. The van der Waals surface area contributed by atoms with E-state index in [-0.39, 0.29) is 11.2 Å². The topological polar surface area (TPSA) is 17.1 Å². The van der Waals surface area contributed by atoms with Crippen molar-refractivity contribution in [3.63, 3.8) is 0 Å². The number of ketones is 1. The van der Waals surface area contributed by atoms with Crippen molar-refractivity contribution in [2.24, 2.45) is 5.41 Å². The number of aryl methyl sites for hydroxylation is 1. The van der Waals surface area contributed by atoms with E-state index in [1.165, 1.54) is 0 Å². The molecule has 0 radical (unpaired) electrons. The fourth-order valence-electron chi connectivity index (χ4n) is 2.32. The summed E-state index contributed by atoms with van der Waals surface area (Å²) in [7, 11) is 0. The number of benzene rings is 1. The van der Waals surface area contributed by atoms with Crippen LogP contribution in [-0.4, -0.2) is 5.78 Å². The van der Waals surface area contributed by atoms with Crippen molar-refractivity contribution >= 4 is 23.0 Å². The van der Waals surface area contributed by atoms with Crippen molar-refractivity contribution in [2.45, 2.75) is 33.6 Å². The Bertz CT molecular complexity index is 498. The molecule has 90 valence electrons. The van der Waals surface area contributed by atoms with Gasteiger partial charge in [-0.15, -0.1) is 0 Å². The molecule has 0 aliphatic heterocycles. The Kier molecular flexibility index (Phi) is 3.13. The monoisotopic (exact) mass is 248 g/mol. The fraction of sp³-hybridized carbons (Fsp3) is 0.400. The molecule has 2 rings (SSSR count). The lowest BCUT2D eigenvalue weighted by atomic mass is 9.75. The number of carbonyl (C=O) groups excluding carboxylic acids is 1. The van der Waals surface area contributed by atoms with E-state index >= 15 is 0 Å². The average Bonchev–Trinajstić information content (AvgIpc) is 2.19. The van der Waals surface area contributed by atoms with Crippen molar-refractivity contribution in [2.75, 3.05) is 0 Å². The second kappa shape index (κ2) is 4.30. The minimum atomic E-state index is 0.0541. The van der Waals surface area contributed by atoms with E-state index in [9.17, 15) is 4.79 Å². The van der Waals surface area contributed by atoms with Crippen LogP contribution in [0.1, 0.15) is 37.8 Å². The molecule has 0 heterocycles. The molecular formula is C15H17ClO. The van der Waals surface area contributed by atoms with E-state index in [1.807, 2.05) is 25.1 Å². The van der Waals surface area contributed by atoms with Crippen LogP contribution in [0, 0.1) is 12.3 Å². The highest BCUT2D eigenvalue weighted by molar-refractivity contribution is 6.31. The lowest BCUT2D eigenvalue weighted by Gasteiger charge is -2.29. The second-order valence-electron chi connectivity index (χ2n) is 5.62. The summed E-state index contributed by atoms with van der Waals surface area (Å²) in [6.07, 6.45) is 3.33. The number of hydrogen-bond acceptors (Lipinski definition) is 1. The summed E-state index contributed by atoms with van der Waals surface area (Å²) in [4.78, 5) is 11.7. The molecule has 0 saturated heterocycles. The van der Waals surface area contributed by atoms with Crippen LogP contribution >= 0.6 is 11.6 Å². The number of halogens is 1. The molecule has 1 aromatic carbocycles. The third-order valence-electron chi connectivity index (χ3n) is 3.20. The Balaban J connectivity index is 2.39. The first-order valence-corrected chi connectivity index (χ1v) is 6.25. The third-order valence-corrected chi connectivity index (χ3v) is 3.61. The molecule has 1 aliphatic rings. The van der Waals surface area contributed by atoms with Crippen LogP contribution in [0.3, 0.4) is 0 Å². The molecule has 0 fully saturated rings. The smallest absolute Gasteiger partial charge is 0.156 e. The molecule has 0 spiro atoms. The van der Waals surface area contributed by atoms with Crippen LogP contribution in [0.2, 0.25) is 5.02 Å². The van der Waals surface area contributed by atoms with Gasteiger partial charge < -0.3 is 0 Å². The van der Waals surface area contributed by atoms with Gasteiger partial charge in [-0.2, -0.15) is 0 Å². The van der Waals surface area contributed by atoms with Gasteiger partial charge in [-0.3, -0.25) is 4.79 Å². The highest BCUT2D eigenvalue weighted by Gasteiger charge is 2.27. The summed E-state index contributed by atoms with van der Waals surface area (Å²) < 4.78 is 0. The van der Waals surface area contributed by atoms with Crippen LogP contribution in [0.4, 0.5) is 0 Å². The van der Waals surface area contributed by atoms with Crippen molar-refractivity contribution in [1.29, 1.82) is 0 Å². The predicted molar refractivity (Wildman–Crippen MR) is 72.2 cm³/mol. The number of allylic oxidation sites excluding steroid dienone is 2. The van der Waals surface area contributed by atoms with Gasteiger partial charge >= 0.3 is 0 Å². The average molecular weight is 249 g/mol. The highest BCUT2D eigenvalue weighted by Crippen LogP contribution is 2.38. The van der Waals surface area contributed by atoms with Crippen LogP contribution in [0.5, 0.6) is 0 Å². The maximum Gasteiger partial charge on any atom is 0.156 e. The van der Waals surface area contributed by atoms with Gasteiger partial charge in [-0.1, -0.05) is 37.6 Å². The Morgan fingerprint density at radius 1 is 1.24 bits per heavy atom. The third kappa shape index (κ3) is 2.78. The molecule has 17 heavy (non-hydrogen) atoms. The summed E-state index contributed by atoms with van der Waals surface area (Å²) in [5.41, 5.74) is 3.30. The zero-order chi connectivity index (χ0) is 12.6. The molecule has 0 saturated carbocycles. The van der Waals surface area contributed by atoms with Crippen molar-refractivity contribution in [3.8, 4) is 0 Å². The fourth-order valence-corrected chi connectivity index (χ4v) is 2.50. The number of carbonyl (C=O) groups is 1. The zero-order valence-corrected chi connectivity index (χ0v) is 11.3. The molecule has 2 heteroatoms. The summed E-state index contributed by atoms with van der Waals surface area (Å²) in [5.74, 6) is 0.216. The second-order valence-corrected chi connectivity index (χ2v) is 6.02. The first-order chi connectivity index (χ1) is 7.87. The van der Waals surface area contributed by atoms with Crippen molar-refractivity contribution < 1.29 is 4.79 Å². The molecule has 0 aromatic heterocycles. The Labute approximate surface area is 107 Å². The molecular weight excluding hydrogens is 232 g/mol. The molecule has 0 unspecified atom stereocenters. The highest BCUT2D eigenvalue weighted by atomic mass is 35.5. The van der Waals surface area contributed by atoms with E-state index in [4.69, 9.17) is 11.6 Å².